The number of amides is 2. The molecule has 2 amide bonds. The fourth-order valence-corrected chi connectivity index (χ4v) is 8.65. The number of β-lactam (4-membered cyclic amide) rings is 1. The van der Waals surface area contributed by atoms with Crippen molar-refractivity contribution in [1.29, 1.82) is 0 Å². The number of nitrogen functional groups attached to an aromatic ring is 1. The van der Waals surface area contributed by atoms with Crippen molar-refractivity contribution in [2.24, 2.45) is 10.1 Å². The van der Waals surface area contributed by atoms with Crippen molar-refractivity contribution in [1.82, 2.24) is 30.2 Å². The number of allylic oxidation sites excluding steroid dienone is 1. The summed E-state index contributed by atoms with van der Waals surface area (Å²) in [6.45, 7) is 1.09. The molecule has 0 bridgehead atoms. The average Bonchev–Trinajstić information content (AvgIpc) is 3.71. The number of hydrogen-bond acceptors (Lipinski definition) is 18. The quantitative estimate of drug-likeness (QED) is 0.0467. The zero-order valence-electron chi connectivity index (χ0n) is 26.2. The molecule has 2 atom stereocenters. The van der Waals surface area contributed by atoms with Gasteiger partial charge in [0.1, 0.15) is 29.4 Å². The lowest BCUT2D eigenvalue weighted by Crippen LogP contribution is -2.71. The second-order valence-electron chi connectivity index (χ2n) is 10.9. The number of carboxylic acids is 2. The molecule has 9 N–H and O–H groups in total. The predicted molar refractivity (Wildman–Crippen MR) is 184 cm³/mol. The molecule has 1 aromatic carbocycles. The molecule has 21 nitrogen and oxygen atoms in total. The van der Waals surface area contributed by atoms with Crippen LogP contribution in [0, 0.1) is 0 Å². The molecule has 4 aliphatic rings. The van der Waals surface area contributed by atoms with Crippen molar-refractivity contribution < 1.29 is 57.4 Å². The minimum absolute atomic E-state index is 0.0418. The first-order chi connectivity index (χ1) is 24.5. The first-order valence-corrected chi connectivity index (χ1v) is 18.7. The van der Waals surface area contributed by atoms with Gasteiger partial charge in [-0.2, -0.15) is 12.8 Å². The van der Waals surface area contributed by atoms with Gasteiger partial charge in [0, 0.05) is 28.2 Å². The molecule has 1 saturated heterocycles. The van der Waals surface area contributed by atoms with Crippen molar-refractivity contribution in [3.8, 4) is 11.5 Å². The van der Waals surface area contributed by atoms with Gasteiger partial charge in [-0.1, -0.05) is 5.16 Å². The zero-order valence-corrected chi connectivity index (χ0v) is 29.4. The number of hydrogen-bond donors (Lipinski definition) is 8. The van der Waals surface area contributed by atoms with Crippen molar-refractivity contribution in [3.63, 3.8) is 0 Å². The number of phenolic OH excluding ortho intramolecular Hbond substituents is 2. The lowest BCUT2D eigenvalue weighted by Gasteiger charge is -2.49. The topological polar surface area (TPSA) is 310 Å². The first-order valence-electron chi connectivity index (χ1n) is 14.4. The van der Waals surface area contributed by atoms with E-state index >= 15 is 0 Å². The van der Waals surface area contributed by atoms with Crippen LogP contribution in [-0.2, 0) is 36.1 Å². The highest BCUT2D eigenvalue weighted by Gasteiger charge is 2.54. The number of phenols is 2. The van der Waals surface area contributed by atoms with Gasteiger partial charge in [-0.25, -0.2) is 24.6 Å². The monoisotopic (exact) mass is 795 g/mol. The highest BCUT2D eigenvalue weighted by molar-refractivity contribution is 8.03. The number of aromatic hydroxyl groups is 2. The maximum absolute atomic E-state index is 13.5. The van der Waals surface area contributed by atoms with Gasteiger partial charge in [-0.15, -0.1) is 40.4 Å². The molecule has 0 spiro atoms. The molecule has 2 aromatic rings. The summed E-state index contributed by atoms with van der Waals surface area (Å²) >= 11 is 3.28. The summed E-state index contributed by atoms with van der Waals surface area (Å²) in [6, 6.07) is 0.575. The van der Waals surface area contributed by atoms with Gasteiger partial charge in [-0.3, -0.25) is 19.0 Å². The van der Waals surface area contributed by atoms with E-state index in [9.17, 15) is 52.6 Å². The van der Waals surface area contributed by atoms with E-state index in [1.165, 1.54) is 22.2 Å². The van der Waals surface area contributed by atoms with Gasteiger partial charge in [0.15, 0.2) is 28.2 Å². The normalized spacial score (nSPS) is 20.0. The fraction of sp³-hybridized carbons (Fsp3) is 0.222. The number of aromatic carboxylic acids is 1. The Morgan fingerprint density at radius 3 is 2.60 bits per heavy atom. The molecule has 0 radical (unpaired) electrons. The molecule has 0 aliphatic carbocycles. The third-order valence-corrected chi connectivity index (χ3v) is 11.3. The summed E-state index contributed by atoms with van der Waals surface area (Å²) in [5, 5.41) is 47.8. The van der Waals surface area contributed by atoms with Crippen molar-refractivity contribution in [3.05, 3.63) is 68.7 Å². The van der Waals surface area contributed by atoms with Crippen molar-refractivity contribution in [2.45, 2.75) is 24.9 Å². The van der Waals surface area contributed by atoms with E-state index in [1.54, 1.807) is 13.0 Å². The Labute approximate surface area is 304 Å². The van der Waals surface area contributed by atoms with Crippen LogP contribution in [0.2, 0.25) is 0 Å². The number of aromatic nitrogens is 1. The number of carbonyl (C=O) groups is 4. The van der Waals surface area contributed by atoms with Gasteiger partial charge in [0.05, 0.1) is 16.8 Å². The predicted octanol–water partition coefficient (Wildman–Crippen LogP) is 0.182. The molecule has 0 unspecified atom stereocenters. The van der Waals surface area contributed by atoms with Crippen LogP contribution in [-0.4, -0.2) is 111 Å². The number of carboxylic acid groups (broad SMARTS) is 2. The van der Waals surface area contributed by atoms with E-state index in [1.807, 2.05) is 0 Å². The molecule has 5 heterocycles. The summed E-state index contributed by atoms with van der Waals surface area (Å²) < 4.78 is 33.1. The van der Waals surface area contributed by atoms with Crippen LogP contribution in [0.3, 0.4) is 0 Å². The molecule has 6 rings (SSSR count). The third kappa shape index (κ3) is 7.08. The van der Waals surface area contributed by atoms with Gasteiger partial charge in [0.25, 0.3) is 11.8 Å². The van der Waals surface area contributed by atoms with Crippen LogP contribution in [0.1, 0.15) is 28.5 Å². The van der Waals surface area contributed by atoms with E-state index in [0.29, 0.717) is 20.7 Å². The number of thiazole rings is 1. The number of nitrogens with one attached hydrogen (secondary N) is 2. The minimum Gasteiger partial charge on any atom is -0.504 e. The molecule has 1 fully saturated rings. The Balaban J connectivity index is 1.17. The van der Waals surface area contributed by atoms with E-state index in [0.717, 1.165) is 46.3 Å². The number of nitrogens with two attached hydrogens (primary N) is 1. The highest BCUT2D eigenvalue weighted by Crippen LogP contribution is 2.42. The summed E-state index contributed by atoms with van der Waals surface area (Å²) in [5.41, 5.74) is 7.81. The zero-order chi connectivity index (χ0) is 37.6. The summed E-state index contributed by atoms with van der Waals surface area (Å²) in [5.74, 6) is -5.45. The van der Waals surface area contributed by atoms with Crippen molar-refractivity contribution >= 4 is 85.5 Å². The van der Waals surface area contributed by atoms with Gasteiger partial charge in [-0.05, 0) is 30.7 Å². The summed E-state index contributed by atoms with van der Waals surface area (Å²) in [7, 11) is -4.65. The van der Waals surface area contributed by atoms with E-state index < -0.39 is 74.9 Å². The number of aliphatic imine (C=N–C) groups is 1. The fourth-order valence-electron chi connectivity index (χ4n) is 5.13. The van der Waals surface area contributed by atoms with E-state index in [-0.39, 0.29) is 39.4 Å². The number of oxime groups is 1. The Hall–Kier alpha value is -5.34. The smallest absolute Gasteiger partial charge is 0.374 e. The molecular formula is C27H25N9O12S4. The van der Waals surface area contributed by atoms with Gasteiger partial charge < -0.3 is 36.3 Å². The van der Waals surface area contributed by atoms with Gasteiger partial charge in [0.2, 0.25) is 0 Å². The Morgan fingerprint density at radius 2 is 1.94 bits per heavy atom. The first kappa shape index (κ1) is 36.5. The number of aliphatic carboxylic acids is 1. The second-order valence-corrected chi connectivity index (χ2v) is 15.2. The lowest BCUT2D eigenvalue weighted by atomic mass is 10.0. The van der Waals surface area contributed by atoms with Crippen LogP contribution < -0.4 is 16.6 Å². The number of hydrazine groups is 2. The number of carbonyl (C=O) groups excluding carboxylic acids is 2. The molecule has 0 saturated carbocycles. The molecular weight excluding hydrogens is 771 g/mol. The van der Waals surface area contributed by atoms with Crippen LogP contribution in [0.15, 0.2) is 62.1 Å². The molecule has 4 aliphatic heterocycles. The Bertz CT molecular complexity index is 2180. The Kier molecular flexibility index (Phi) is 9.81. The lowest BCUT2D eigenvalue weighted by molar-refractivity contribution is -0.150. The van der Waals surface area contributed by atoms with Crippen molar-refractivity contribution in [2.75, 3.05) is 17.2 Å². The average molecular weight is 796 g/mol. The summed E-state index contributed by atoms with van der Waals surface area (Å²) in [6.07, 6.45) is 2.67. The van der Waals surface area contributed by atoms with Crippen LogP contribution in [0.25, 0.3) is 0 Å². The molecule has 25 heteroatoms. The third-order valence-electron chi connectivity index (χ3n) is 7.47. The number of rotatable bonds is 12. The number of anilines is 1. The SMILES string of the molecule is CC1=NC2=CN(S(=O)(=O)O)NN2C(SCC2=C(C(=O)O)N3C(=O)[C@@H](NC(=O)C(=NOCc4cc(O)c(O)cc4C(=O)O)c4csc(N)n4)[C@H]3SC2)=C1. The number of thioether (sulfide) groups is 2. The second kappa shape index (κ2) is 14.0. The van der Waals surface area contributed by atoms with Crippen LogP contribution in [0.4, 0.5) is 5.13 Å². The number of fused-ring (bicyclic) bond motifs is 2. The highest BCUT2D eigenvalue weighted by atomic mass is 32.2. The van der Waals surface area contributed by atoms with E-state index in [4.69, 9.17) is 10.6 Å². The standard InChI is InChI=1S/C27H25N9O12S4/c1-10-2-18(36-17(29-10)5-34(33-36)52(45,46)47)49-7-12-8-50-24-20(23(40)35(24)21(12)26(43)44)31-22(39)19(14-9-51-27(28)30-14)32-48-6-11-3-15(37)16(38)4-13(11)25(41)42/h2-5,9,20,24,33,37-38H,6-8H2,1H3,(H2,28,30)(H,31,39)(H,41,42)(H,43,44)(H,45,46,47)/t20-,24-/m1/s1. The molecule has 1 aromatic heterocycles. The maximum atomic E-state index is 13.5. The van der Waals surface area contributed by atoms with Gasteiger partial charge >= 0.3 is 22.2 Å². The van der Waals surface area contributed by atoms with Crippen LogP contribution >= 0.6 is 34.9 Å². The Morgan fingerprint density at radius 1 is 1.21 bits per heavy atom. The summed E-state index contributed by atoms with van der Waals surface area (Å²) in [4.78, 5) is 65.5. The molecule has 274 valence electrons. The number of nitrogens with zero attached hydrogens (tertiary/aromatic N) is 6. The molecule has 52 heavy (non-hydrogen) atoms. The number of benzene rings is 1. The van der Waals surface area contributed by atoms with E-state index in [2.05, 4.69) is 26.0 Å². The minimum atomic E-state index is -4.65. The largest absolute Gasteiger partial charge is 0.504 e. The maximum Gasteiger partial charge on any atom is 0.374 e. The van der Waals surface area contributed by atoms with Crippen LogP contribution in [0.5, 0.6) is 11.5 Å².